The van der Waals surface area contributed by atoms with Crippen LogP contribution < -0.4 is 20.1 Å². The number of rotatable bonds is 10. The van der Waals surface area contributed by atoms with Gasteiger partial charge in [0.2, 0.25) is 5.91 Å². The summed E-state index contributed by atoms with van der Waals surface area (Å²) in [5.41, 5.74) is 1.20. The lowest BCUT2D eigenvalue weighted by Crippen LogP contribution is -2.25. The average Bonchev–Trinajstić information content (AvgIpc) is 3.11. The molecule has 0 bridgehead atoms. The van der Waals surface area contributed by atoms with Crippen LogP contribution in [0.15, 0.2) is 18.2 Å². The predicted molar refractivity (Wildman–Crippen MR) is 95.7 cm³/mol. The van der Waals surface area contributed by atoms with E-state index in [2.05, 4.69) is 16.7 Å². The number of ether oxygens (including phenoxy) is 2. The van der Waals surface area contributed by atoms with Crippen molar-refractivity contribution in [1.29, 1.82) is 0 Å². The van der Waals surface area contributed by atoms with Gasteiger partial charge in [0.15, 0.2) is 11.5 Å². The van der Waals surface area contributed by atoms with E-state index in [1.807, 2.05) is 19.1 Å². The molecular formula is C19H30N2O3. The van der Waals surface area contributed by atoms with Crippen molar-refractivity contribution < 1.29 is 14.3 Å². The summed E-state index contributed by atoms with van der Waals surface area (Å²) < 4.78 is 10.9. The van der Waals surface area contributed by atoms with Gasteiger partial charge in [-0.05, 0) is 69.3 Å². The first kappa shape index (κ1) is 18.6. The van der Waals surface area contributed by atoms with Crippen molar-refractivity contribution in [3.05, 3.63) is 23.8 Å². The van der Waals surface area contributed by atoms with Crippen LogP contribution in [0.1, 0.15) is 38.2 Å². The molecule has 5 nitrogen and oxygen atoms in total. The quantitative estimate of drug-likeness (QED) is 0.646. The fourth-order valence-corrected chi connectivity index (χ4v) is 3.05. The normalized spacial score (nSPS) is 16.8. The lowest BCUT2D eigenvalue weighted by molar-refractivity contribution is -0.121. The summed E-state index contributed by atoms with van der Waals surface area (Å²) in [6.45, 7) is 5.46. The zero-order valence-corrected chi connectivity index (χ0v) is 14.9. The monoisotopic (exact) mass is 334 g/mol. The Kier molecular flexibility index (Phi) is 7.89. The first-order valence-corrected chi connectivity index (χ1v) is 9.00. The molecule has 2 N–H and O–H groups in total. The highest BCUT2D eigenvalue weighted by Gasteiger charge is 2.15. The molecule has 1 aliphatic rings. The van der Waals surface area contributed by atoms with E-state index in [-0.39, 0.29) is 5.91 Å². The Bertz CT molecular complexity index is 513. The van der Waals surface area contributed by atoms with E-state index in [1.54, 1.807) is 7.11 Å². The van der Waals surface area contributed by atoms with Gasteiger partial charge in [-0.15, -0.1) is 0 Å². The highest BCUT2D eigenvalue weighted by Crippen LogP contribution is 2.28. The molecule has 0 aromatic heterocycles. The fraction of sp³-hybridized carbons (Fsp3) is 0.632. The minimum absolute atomic E-state index is 0.173. The number of methoxy groups -OCH3 is 1. The van der Waals surface area contributed by atoms with E-state index in [9.17, 15) is 4.79 Å². The van der Waals surface area contributed by atoms with Gasteiger partial charge in [-0.3, -0.25) is 4.79 Å². The average molecular weight is 334 g/mol. The molecule has 0 radical (unpaired) electrons. The Labute approximate surface area is 145 Å². The highest BCUT2D eigenvalue weighted by atomic mass is 16.5. The molecule has 134 valence electrons. The van der Waals surface area contributed by atoms with Crippen molar-refractivity contribution >= 4 is 5.91 Å². The molecule has 5 heteroatoms. The molecule has 1 atom stereocenters. The maximum Gasteiger partial charge on any atom is 0.220 e. The smallest absolute Gasteiger partial charge is 0.220 e. The summed E-state index contributed by atoms with van der Waals surface area (Å²) in [7, 11) is 1.65. The lowest BCUT2D eigenvalue weighted by Gasteiger charge is -2.11. The van der Waals surface area contributed by atoms with Crippen LogP contribution in [0.25, 0.3) is 0 Å². The molecule has 1 aromatic rings. The van der Waals surface area contributed by atoms with Crippen LogP contribution in [0.4, 0.5) is 0 Å². The summed E-state index contributed by atoms with van der Waals surface area (Å²) in [6, 6.07) is 6.02. The maximum atomic E-state index is 11.9. The number of hydrogen-bond acceptors (Lipinski definition) is 4. The van der Waals surface area contributed by atoms with Gasteiger partial charge in [0.1, 0.15) is 0 Å². The van der Waals surface area contributed by atoms with E-state index in [0.717, 1.165) is 50.4 Å². The van der Waals surface area contributed by atoms with Crippen molar-refractivity contribution in [2.75, 3.05) is 33.4 Å². The molecule has 0 saturated carbocycles. The molecule has 1 aromatic carbocycles. The number of carbonyl (C=O) groups is 1. The Hall–Kier alpha value is -1.75. The van der Waals surface area contributed by atoms with Gasteiger partial charge in [0.25, 0.3) is 0 Å². The van der Waals surface area contributed by atoms with Gasteiger partial charge in [-0.25, -0.2) is 0 Å². The Morgan fingerprint density at radius 2 is 2.25 bits per heavy atom. The molecule has 1 heterocycles. The molecule has 1 fully saturated rings. The van der Waals surface area contributed by atoms with Gasteiger partial charge < -0.3 is 20.1 Å². The summed E-state index contributed by atoms with van der Waals surface area (Å²) in [5.74, 6) is 2.39. The third-order valence-corrected chi connectivity index (χ3v) is 4.43. The van der Waals surface area contributed by atoms with Crippen molar-refractivity contribution in [2.24, 2.45) is 5.92 Å². The lowest BCUT2D eigenvalue weighted by atomic mass is 10.0. The molecule has 2 rings (SSSR count). The maximum absolute atomic E-state index is 11.9. The molecular weight excluding hydrogens is 304 g/mol. The number of benzene rings is 1. The SMILES string of the molecule is CCOc1cc(CCCNC(=O)CCC2CCNC2)ccc1OC. The van der Waals surface area contributed by atoms with Crippen molar-refractivity contribution in [3.8, 4) is 11.5 Å². The molecule has 24 heavy (non-hydrogen) atoms. The molecule has 1 saturated heterocycles. The zero-order chi connectivity index (χ0) is 17.2. The second kappa shape index (κ2) is 10.2. The Morgan fingerprint density at radius 3 is 2.96 bits per heavy atom. The molecule has 1 aliphatic heterocycles. The Balaban J connectivity index is 1.66. The van der Waals surface area contributed by atoms with Crippen LogP contribution in [0, 0.1) is 5.92 Å². The van der Waals surface area contributed by atoms with Gasteiger partial charge in [0, 0.05) is 13.0 Å². The summed E-state index contributed by atoms with van der Waals surface area (Å²) in [6.07, 6.45) is 4.68. The van der Waals surface area contributed by atoms with Crippen molar-refractivity contribution in [1.82, 2.24) is 10.6 Å². The summed E-state index contributed by atoms with van der Waals surface area (Å²) in [5, 5.41) is 6.36. The number of amides is 1. The fourth-order valence-electron chi connectivity index (χ4n) is 3.05. The van der Waals surface area contributed by atoms with Crippen LogP contribution in [0.5, 0.6) is 11.5 Å². The van der Waals surface area contributed by atoms with Crippen molar-refractivity contribution in [3.63, 3.8) is 0 Å². The van der Waals surface area contributed by atoms with Crippen LogP contribution in [0.3, 0.4) is 0 Å². The van der Waals surface area contributed by atoms with Crippen molar-refractivity contribution in [2.45, 2.75) is 39.0 Å². The van der Waals surface area contributed by atoms with Gasteiger partial charge in [-0.1, -0.05) is 6.07 Å². The first-order chi connectivity index (χ1) is 11.7. The van der Waals surface area contributed by atoms with Crippen LogP contribution in [-0.2, 0) is 11.2 Å². The van der Waals surface area contributed by atoms with Gasteiger partial charge in [-0.2, -0.15) is 0 Å². The topological polar surface area (TPSA) is 59.6 Å². The number of hydrogen-bond donors (Lipinski definition) is 2. The number of nitrogens with one attached hydrogen (secondary N) is 2. The van der Waals surface area contributed by atoms with Crippen LogP contribution in [0.2, 0.25) is 0 Å². The van der Waals surface area contributed by atoms with E-state index in [0.29, 0.717) is 18.9 Å². The van der Waals surface area contributed by atoms with Gasteiger partial charge >= 0.3 is 0 Å². The largest absolute Gasteiger partial charge is 0.493 e. The predicted octanol–water partition coefficient (Wildman–Crippen LogP) is 2.53. The third kappa shape index (κ3) is 6.04. The van der Waals surface area contributed by atoms with E-state index in [4.69, 9.17) is 9.47 Å². The number of carbonyl (C=O) groups excluding carboxylic acids is 1. The Morgan fingerprint density at radius 1 is 1.38 bits per heavy atom. The minimum atomic E-state index is 0.173. The van der Waals surface area contributed by atoms with E-state index >= 15 is 0 Å². The van der Waals surface area contributed by atoms with Crippen LogP contribution in [-0.4, -0.2) is 39.3 Å². The molecule has 1 amide bonds. The minimum Gasteiger partial charge on any atom is -0.493 e. The molecule has 0 aliphatic carbocycles. The zero-order valence-electron chi connectivity index (χ0n) is 14.9. The third-order valence-electron chi connectivity index (χ3n) is 4.43. The van der Waals surface area contributed by atoms with Crippen LogP contribution >= 0.6 is 0 Å². The van der Waals surface area contributed by atoms with Gasteiger partial charge in [0.05, 0.1) is 13.7 Å². The summed E-state index contributed by atoms with van der Waals surface area (Å²) in [4.78, 5) is 11.9. The summed E-state index contributed by atoms with van der Waals surface area (Å²) >= 11 is 0. The molecule has 1 unspecified atom stereocenters. The second-order valence-corrected chi connectivity index (χ2v) is 6.27. The second-order valence-electron chi connectivity index (χ2n) is 6.27. The molecule has 0 spiro atoms. The standard InChI is InChI=1S/C19H30N2O3/c1-3-24-18-13-15(6-8-17(18)23-2)5-4-11-21-19(22)9-7-16-10-12-20-14-16/h6,8,13,16,20H,3-5,7,9-12,14H2,1-2H3,(H,21,22). The van der Waals surface area contributed by atoms with E-state index in [1.165, 1.54) is 12.0 Å². The highest BCUT2D eigenvalue weighted by molar-refractivity contribution is 5.75. The first-order valence-electron chi connectivity index (χ1n) is 9.00. The number of aryl methyl sites for hydroxylation is 1. The van der Waals surface area contributed by atoms with E-state index < -0.39 is 0 Å².